The molecule has 0 amide bonds. The molecule has 2 rings (SSSR count). The van der Waals surface area contributed by atoms with Crippen molar-refractivity contribution in [2.75, 3.05) is 6.54 Å². The van der Waals surface area contributed by atoms with Crippen molar-refractivity contribution >= 4 is 11.8 Å². The quantitative estimate of drug-likeness (QED) is 0.865. The summed E-state index contributed by atoms with van der Waals surface area (Å²) in [6, 6.07) is 8.40. The Hall–Kier alpha value is -0.510. The standard InChI is InChI=1S/C17H27NOS/c1-13(12-18)17(2,19)14-8-10-16(11-9-14)20-15-6-4-3-5-7-15/h8-11,13,15,19H,3-7,12,18H2,1-2H3. The zero-order valence-corrected chi connectivity index (χ0v) is 13.5. The zero-order valence-electron chi connectivity index (χ0n) is 12.6. The van der Waals surface area contributed by atoms with Gasteiger partial charge >= 0.3 is 0 Å². The molecule has 1 aromatic rings. The first-order valence-corrected chi connectivity index (χ1v) is 8.61. The van der Waals surface area contributed by atoms with Crippen LogP contribution in [0.4, 0.5) is 0 Å². The maximum Gasteiger partial charge on any atom is 0.0905 e. The van der Waals surface area contributed by atoms with Crippen LogP contribution < -0.4 is 5.73 Å². The van der Waals surface area contributed by atoms with E-state index in [0.29, 0.717) is 6.54 Å². The number of thioether (sulfide) groups is 1. The Morgan fingerprint density at radius 1 is 1.25 bits per heavy atom. The zero-order chi connectivity index (χ0) is 14.6. The van der Waals surface area contributed by atoms with E-state index < -0.39 is 5.60 Å². The Labute approximate surface area is 127 Å². The summed E-state index contributed by atoms with van der Waals surface area (Å²) in [6.45, 7) is 4.34. The monoisotopic (exact) mass is 293 g/mol. The summed E-state index contributed by atoms with van der Waals surface area (Å²) in [5.74, 6) is 0.0550. The Morgan fingerprint density at radius 2 is 1.85 bits per heavy atom. The molecule has 0 saturated heterocycles. The third-order valence-electron chi connectivity index (χ3n) is 4.61. The summed E-state index contributed by atoms with van der Waals surface area (Å²) >= 11 is 1.99. The van der Waals surface area contributed by atoms with Crippen LogP contribution in [0.25, 0.3) is 0 Å². The molecule has 1 aromatic carbocycles. The minimum absolute atomic E-state index is 0.0550. The predicted octanol–water partition coefficient (Wildman–Crippen LogP) is 3.91. The van der Waals surface area contributed by atoms with Crippen LogP contribution >= 0.6 is 11.8 Å². The number of benzene rings is 1. The highest BCUT2D eigenvalue weighted by Gasteiger charge is 2.29. The fraction of sp³-hybridized carbons (Fsp3) is 0.647. The van der Waals surface area contributed by atoms with Crippen LogP contribution in [0, 0.1) is 5.92 Å². The van der Waals surface area contributed by atoms with Crippen LogP contribution in [0.5, 0.6) is 0 Å². The molecule has 0 radical (unpaired) electrons. The van der Waals surface area contributed by atoms with Gasteiger partial charge in [-0.1, -0.05) is 38.3 Å². The van der Waals surface area contributed by atoms with Crippen LogP contribution in [0.2, 0.25) is 0 Å². The second-order valence-electron chi connectivity index (χ2n) is 6.19. The first-order chi connectivity index (χ1) is 9.54. The highest BCUT2D eigenvalue weighted by molar-refractivity contribution is 8.00. The van der Waals surface area contributed by atoms with Crippen molar-refractivity contribution in [1.82, 2.24) is 0 Å². The Kier molecular flexibility index (Phi) is 5.53. The van der Waals surface area contributed by atoms with Crippen molar-refractivity contribution in [1.29, 1.82) is 0 Å². The average Bonchev–Trinajstić information content (AvgIpc) is 2.48. The molecule has 2 nitrogen and oxygen atoms in total. The molecule has 1 fully saturated rings. The highest BCUT2D eigenvalue weighted by atomic mass is 32.2. The minimum atomic E-state index is -0.844. The van der Waals surface area contributed by atoms with Gasteiger partial charge in [0.05, 0.1) is 5.60 Å². The third kappa shape index (κ3) is 3.78. The van der Waals surface area contributed by atoms with Gasteiger partial charge in [0.15, 0.2) is 0 Å². The Bertz CT molecular complexity index is 410. The van der Waals surface area contributed by atoms with E-state index in [2.05, 4.69) is 24.3 Å². The van der Waals surface area contributed by atoms with Crippen LogP contribution in [-0.2, 0) is 5.60 Å². The Morgan fingerprint density at radius 3 is 2.40 bits per heavy atom. The van der Waals surface area contributed by atoms with Gasteiger partial charge in [-0.2, -0.15) is 0 Å². The normalized spacial score (nSPS) is 21.4. The fourth-order valence-electron chi connectivity index (χ4n) is 2.76. The van der Waals surface area contributed by atoms with Crippen molar-refractivity contribution in [3.05, 3.63) is 29.8 Å². The second kappa shape index (κ2) is 6.97. The second-order valence-corrected chi connectivity index (χ2v) is 7.56. The largest absolute Gasteiger partial charge is 0.385 e. The van der Waals surface area contributed by atoms with Crippen LogP contribution in [-0.4, -0.2) is 16.9 Å². The van der Waals surface area contributed by atoms with E-state index in [1.165, 1.54) is 37.0 Å². The van der Waals surface area contributed by atoms with E-state index in [9.17, 15) is 5.11 Å². The lowest BCUT2D eigenvalue weighted by atomic mass is 9.84. The van der Waals surface area contributed by atoms with Gasteiger partial charge < -0.3 is 10.8 Å². The van der Waals surface area contributed by atoms with E-state index in [1.807, 2.05) is 25.6 Å². The summed E-state index contributed by atoms with van der Waals surface area (Å²) in [6.07, 6.45) is 6.83. The molecule has 3 heteroatoms. The summed E-state index contributed by atoms with van der Waals surface area (Å²) in [5.41, 5.74) is 5.80. The summed E-state index contributed by atoms with van der Waals surface area (Å²) in [7, 11) is 0. The van der Waals surface area contributed by atoms with Gasteiger partial charge in [0, 0.05) is 16.1 Å². The van der Waals surface area contributed by atoms with Gasteiger partial charge in [0.25, 0.3) is 0 Å². The third-order valence-corrected chi connectivity index (χ3v) is 5.96. The summed E-state index contributed by atoms with van der Waals surface area (Å²) < 4.78 is 0. The maximum absolute atomic E-state index is 10.6. The molecule has 0 bridgehead atoms. The van der Waals surface area contributed by atoms with Gasteiger partial charge in [-0.15, -0.1) is 11.8 Å². The van der Waals surface area contributed by atoms with E-state index in [-0.39, 0.29) is 5.92 Å². The number of rotatable bonds is 5. The molecule has 0 aliphatic heterocycles. The number of aliphatic hydroxyl groups is 1. The lowest BCUT2D eigenvalue weighted by Crippen LogP contribution is -2.34. The van der Waals surface area contributed by atoms with Crippen LogP contribution in [0.15, 0.2) is 29.2 Å². The van der Waals surface area contributed by atoms with E-state index in [0.717, 1.165) is 10.8 Å². The average molecular weight is 293 g/mol. The van der Waals surface area contributed by atoms with Gasteiger partial charge in [-0.05, 0) is 44.0 Å². The Balaban J connectivity index is 2.02. The lowest BCUT2D eigenvalue weighted by molar-refractivity contribution is 0.00515. The molecule has 0 heterocycles. The molecular formula is C17H27NOS. The summed E-state index contributed by atoms with van der Waals surface area (Å²) in [5, 5.41) is 11.4. The number of hydrogen-bond acceptors (Lipinski definition) is 3. The number of nitrogens with two attached hydrogens (primary N) is 1. The van der Waals surface area contributed by atoms with Gasteiger partial charge in [0.1, 0.15) is 0 Å². The maximum atomic E-state index is 10.6. The molecule has 2 atom stereocenters. The molecule has 0 spiro atoms. The molecule has 20 heavy (non-hydrogen) atoms. The smallest absolute Gasteiger partial charge is 0.0905 e. The van der Waals surface area contributed by atoms with Gasteiger partial charge in [-0.25, -0.2) is 0 Å². The van der Waals surface area contributed by atoms with Crippen LogP contribution in [0.1, 0.15) is 51.5 Å². The van der Waals surface area contributed by atoms with E-state index >= 15 is 0 Å². The van der Waals surface area contributed by atoms with Crippen molar-refractivity contribution in [2.45, 2.75) is 61.7 Å². The first-order valence-electron chi connectivity index (χ1n) is 7.73. The molecule has 3 N–H and O–H groups in total. The molecule has 1 saturated carbocycles. The van der Waals surface area contributed by atoms with E-state index in [1.54, 1.807) is 0 Å². The molecule has 0 aromatic heterocycles. The van der Waals surface area contributed by atoms with Crippen molar-refractivity contribution in [3.8, 4) is 0 Å². The number of hydrogen-bond donors (Lipinski definition) is 2. The van der Waals surface area contributed by atoms with E-state index in [4.69, 9.17) is 5.73 Å². The lowest BCUT2D eigenvalue weighted by Gasteiger charge is -2.30. The van der Waals surface area contributed by atoms with Crippen molar-refractivity contribution in [3.63, 3.8) is 0 Å². The van der Waals surface area contributed by atoms with Crippen molar-refractivity contribution in [2.24, 2.45) is 11.7 Å². The first kappa shape index (κ1) is 15.9. The van der Waals surface area contributed by atoms with Gasteiger partial charge in [0.2, 0.25) is 0 Å². The highest BCUT2D eigenvalue weighted by Crippen LogP contribution is 2.35. The summed E-state index contributed by atoms with van der Waals surface area (Å²) in [4.78, 5) is 1.32. The SMILES string of the molecule is CC(CN)C(C)(O)c1ccc(SC2CCCCC2)cc1. The van der Waals surface area contributed by atoms with Crippen molar-refractivity contribution < 1.29 is 5.11 Å². The predicted molar refractivity (Wildman–Crippen MR) is 87.0 cm³/mol. The molecule has 1 aliphatic carbocycles. The molecular weight excluding hydrogens is 266 g/mol. The minimum Gasteiger partial charge on any atom is -0.385 e. The topological polar surface area (TPSA) is 46.2 Å². The molecule has 112 valence electrons. The molecule has 1 aliphatic rings. The van der Waals surface area contributed by atoms with Crippen LogP contribution in [0.3, 0.4) is 0 Å². The van der Waals surface area contributed by atoms with Gasteiger partial charge in [-0.3, -0.25) is 0 Å². The fourth-order valence-corrected chi connectivity index (χ4v) is 4.01. The molecule has 2 unspecified atom stereocenters.